The van der Waals surface area contributed by atoms with Crippen molar-refractivity contribution in [3.8, 4) is 5.69 Å². The molecular weight excluding hydrogens is 451 g/mol. The van der Waals surface area contributed by atoms with Crippen LogP contribution in [0.15, 0.2) is 61.9 Å². The summed E-state index contributed by atoms with van der Waals surface area (Å²) in [4.78, 5) is 30.2. The van der Waals surface area contributed by atoms with Crippen molar-refractivity contribution in [3.63, 3.8) is 0 Å². The molecule has 0 fully saturated rings. The van der Waals surface area contributed by atoms with Crippen LogP contribution >= 0.6 is 23.5 Å². The largest absolute Gasteiger partial charge is 0.467 e. The molecule has 1 aliphatic heterocycles. The minimum absolute atomic E-state index is 0.0566. The Morgan fingerprint density at radius 3 is 2.87 bits per heavy atom. The number of rotatable bonds is 6. The number of nitrogens with one attached hydrogen (secondary N) is 1. The summed E-state index contributed by atoms with van der Waals surface area (Å²) in [5, 5.41) is 2.87. The van der Waals surface area contributed by atoms with E-state index in [1.807, 2.05) is 0 Å². The summed E-state index contributed by atoms with van der Waals surface area (Å²) in [6, 6.07) is 7.95. The van der Waals surface area contributed by atoms with Gasteiger partial charge in [-0.1, -0.05) is 17.8 Å². The number of hydrogen-bond donors (Lipinski definition) is 1. The first-order valence-corrected chi connectivity index (χ1v) is 11.2. The van der Waals surface area contributed by atoms with Crippen molar-refractivity contribution in [2.45, 2.75) is 29.2 Å². The molecule has 0 unspecified atom stereocenters. The van der Waals surface area contributed by atoms with Gasteiger partial charge < -0.3 is 9.73 Å². The Kier molecular flexibility index (Phi) is 6.15. The maximum absolute atomic E-state index is 13.2. The molecule has 0 saturated heterocycles. The number of alkyl halides is 3. The van der Waals surface area contributed by atoms with Crippen LogP contribution < -0.4 is 10.9 Å². The van der Waals surface area contributed by atoms with E-state index in [0.29, 0.717) is 28.5 Å². The van der Waals surface area contributed by atoms with Gasteiger partial charge in [0.2, 0.25) is 5.91 Å². The Labute approximate surface area is 183 Å². The van der Waals surface area contributed by atoms with Crippen LogP contribution in [0.25, 0.3) is 5.69 Å². The topological polar surface area (TPSA) is 77.1 Å². The van der Waals surface area contributed by atoms with Gasteiger partial charge in [-0.05, 0) is 30.3 Å². The molecule has 0 aliphatic carbocycles. The highest BCUT2D eigenvalue weighted by Crippen LogP contribution is 2.33. The maximum Gasteiger partial charge on any atom is 0.416 e. The summed E-state index contributed by atoms with van der Waals surface area (Å²) >= 11 is 2.34. The highest BCUT2D eigenvalue weighted by molar-refractivity contribution is 8.00. The number of furan rings is 1. The van der Waals surface area contributed by atoms with Crippen molar-refractivity contribution in [1.82, 2.24) is 14.9 Å². The molecule has 1 N–H and O–H groups in total. The highest BCUT2D eigenvalue weighted by Gasteiger charge is 2.31. The van der Waals surface area contributed by atoms with Crippen LogP contribution in [0.4, 0.5) is 13.2 Å². The molecule has 0 bridgehead atoms. The molecule has 1 aliphatic rings. The lowest BCUT2D eigenvalue weighted by Crippen LogP contribution is -2.27. The fraction of sp³-hybridized carbons (Fsp3) is 0.250. The lowest BCUT2D eigenvalue weighted by atomic mass is 10.2. The number of thioether (sulfide) groups is 2. The molecule has 6 nitrogen and oxygen atoms in total. The molecule has 0 spiro atoms. The molecule has 3 aromatic rings. The van der Waals surface area contributed by atoms with E-state index in [0.717, 1.165) is 28.5 Å². The second kappa shape index (κ2) is 8.83. The van der Waals surface area contributed by atoms with Gasteiger partial charge in [0, 0.05) is 12.2 Å². The molecule has 0 atom stereocenters. The summed E-state index contributed by atoms with van der Waals surface area (Å²) in [6.07, 6.45) is -2.45. The fourth-order valence-corrected chi connectivity index (χ4v) is 4.90. The minimum Gasteiger partial charge on any atom is -0.467 e. The summed E-state index contributed by atoms with van der Waals surface area (Å²) in [5.74, 6) is 0.892. The average molecular weight is 467 g/mol. The number of amides is 1. The van der Waals surface area contributed by atoms with E-state index < -0.39 is 17.3 Å². The number of carbonyl (C=O) groups excluding carboxylic acids is 1. The normalized spacial score (nSPS) is 13.3. The van der Waals surface area contributed by atoms with E-state index in [2.05, 4.69) is 10.3 Å². The Balaban J connectivity index is 1.62. The van der Waals surface area contributed by atoms with E-state index in [-0.39, 0.29) is 29.0 Å². The predicted molar refractivity (Wildman–Crippen MR) is 111 cm³/mol. The van der Waals surface area contributed by atoms with E-state index >= 15 is 0 Å². The van der Waals surface area contributed by atoms with Crippen LogP contribution in [-0.4, -0.2) is 27.0 Å². The van der Waals surface area contributed by atoms with Gasteiger partial charge in [-0.3, -0.25) is 14.2 Å². The third kappa shape index (κ3) is 4.82. The quantitative estimate of drug-likeness (QED) is 0.438. The average Bonchev–Trinajstić information content (AvgIpc) is 3.42. The van der Waals surface area contributed by atoms with Crippen molar-refractivity contribution < 1.29 is 22.4 Å². The number of hydrogen-bond acceptors (Lipinski definition) is 6. The zero-order chi connectivity index (χ0) is 22.0. The van der Waals surface area contributed by atoms with Gasteiger partial charge >= 0.3 is 6.18 Å². The molecular formula is C20H16F3N3O3S2. The first-order valence-electron chi connectivity index (χ1n) is 9.21. The predicted octanol–water partition coefficient (Wildman–Crippen LogP) is 3.90. The van der Waals surface area contributed by atoms with Crippen LogP contribution in [0, 0.1) is 0 Å². The number of benzene rings is 1. The molecule has 11 heteroatoms. The van der Waals surface area contributed by atoms with Crippen LogP contribution in [0.2, 0.25) is 0 Å². The molecule has 1 amide bonds. The maximum atomic E-state index is 13.2. The third-order valence-electron chi connectivity index (χ3n) is 4.47. The SMILES string of the molecule is O=C(CSc1nc2c(c(=O)n1-c1cccc(C(F)(F)F)c1)SCC2)NCc1ccco1. The van der Waals surface area contributed by atoms with Crippen LogP contribution in [-0.2, 0) is 23.9 Å². The summed E-state index contributed by atoms with van der Waals surface area (Å²) in [7, 11) is 0. The van der Waals surface area contributed by atoms with Crippen molar-refractivity contribution in [2.24, 2.45) is 0 Å². The van der Waals surface area contributed by atoms with Gasteiger partial charge in [-0.25, -0.2) is 4.98 Å². The Hall–Kier alpha value is -2.66. The van der Waals surface area contributed by atoms with Gasteiger partial charge in [0.1, 0.15) is 5.76 Å². The lowest BCUT2D eigenvalue weighted by molar-refractivity contribution is -0.137. The van der Waals surface area contributed by atoms with E-state index in [1.54, 1.807) is 12.1 Å². The first-order chi connectivity index (χ1) is 14.8. The summed E-state index contributed by atoms with van der Waals surface area (Å²) in [5.41, 5.74) is -0.625. The number of aryl methyl sites for hydroxylation is 1. The molecule has 2 aromatic heterocycles. The first kappa shape index (κ1) is 21.6. The second-order valence-electron chi connectivity index (χ2n) is 6.60. The molecule has 0 radical (unpaired) electrons. The molecule has 0 saturated carbocycles. The van der Waals surface area contributed by atoms with Crippen LogP contribution in [0.3, 0.4) is 0 Å². The van der Waals surface area contributed by atoms with Gasteiger partial charge in [-0.15, -0.1) is 11.8 Å². The smallest absolute Gasteiger partial charge is 0.416 e. The van der Waals surface area contributed by atoms with Crippen molar-refractivity contribution in [2.75, 3.05) is 11.5 Å². The standard InChI is InChI=1S/C20H16F3N3O3S2/c21-20(22,23)12-3-1-4-13(9-12)26-18(28)17-15(6-8-30-17)25-19(26)31-11-16(27)24-10-14-5-2-7-29-14/h1-5,7,9H,6,8,10-11H2,(H,24,27). The fourth-order valence-electron chi connectivity index (χ4n) is 3.02. The van der Waals surface area contributed by atoms with E-state index in [4.69, 9.17) is 4.42 Å². The number of halogens is 3. The monoisotopic (exact) mass is 467 g/mol. The molecule has 31 heavy (non-hydrogen) atoms. The van der Waals surface area contributed by atoms with Gasteiger partial charge in [0.05, 0.1) is 40.4 Å². The molecule has 4 rings (SSSR count). The Bertz CT molecular complexity index is 1160. The van der Waals surface area contributed by atoms with Crippen LogP contribution in [0.1, 0.15) is 17.0 Å². The lowest BCUT2D eigenvalue weighted by Gasteiger charge is -2.15. The number of aromatic nitrogens is 2. The van der Waals surface area contributed by atoms with Crippen molar-refractivity contribution in [3.05, 3.63) is 70.0 Å². The number of carbonyl (C=O) groups is 1. The second-order valence-corrected chi connectivity index (χ2v) is 8.65. The van der Waals surface area contributed by atoms with Gasteiger partial charge in [0.15, 0.2) is 5.16 Å². The van der Waals surface area contributed by atoms with E-state index in [1.165, 1.54) is 30.2 Å². The van der Waals surface area contributed by atoms with Gasteiger partial charge in [0.25, 0.3) is 5.56 Å². The number of nitrogens with zero attached hydrogens (tertiary/aromatic N) is 2. The molecule has 1 aromatic carbocycles. The van der Waals surface area contributed by atoms with Crippen LogP contribution in [0.5, 0.6) is 0 Å². The molecule has 162 valence electrons. The number of fused-ring (bicyclic) bond motifs is 1. The Morgan fingerprint density at radius 2 is 2.13 bits per heavy atom. The third-order valence-corrected chi connectivity index (χ3v) is 6.52. The zero-order valence-electron chi connectivity index (χ0n) is 15.9. The Morgan fingerprint density at radius 1 is 1.29 bits per heavy atom. The summed E-state index contributed by atoms with van der Waals surface area (Å²) in [6.45, 7) is 0.209. The van der Waals surface area contributed by atoms with Crippen molar-refractivity contribution in [1.29, 1.82) is 0 Å². The summed E-state index contributed by atoms with van der Waals surface area (Å²) < 4.78 is 45.9. The van der Waals surface area contributed by atoms with Crippen molar-refractivity contribution >= 4 is 29.4 Å². The minimum atomic E-state index is -4.54. The van der Waals surface area contributed by atoms with E-state index in [9.17, 15) is 22.8 Å². The zero-order valence-corrected chi connectivity index (χ0v) is 17.6. The highest BCUT2D eigenvalue weighted by atomic mass is 32.2. The molecule has 3 heterocycles. The van der Waals surface area contributed by atoms with Gasteiger partial charge in [-0.2, -0.15) is 13.2 Å².